The Morgan fingerprint density at radius 3 is 2.52 bits per heavy atom. The lowest BCUT2D eigenvalue weighted by atomic mass is 9.78. The molecule has 0 aromatic carbocycles. The largest absolute Gasteiger partial charge is 0.491 e. The smallest absolute Gasteiger partial charge is 0.423 e. The molecule has 2 aromatic rings. The van der Waals surface area contributed by atoms with Crippen LogP contribution in [0.1, 0.15) is 33.5 Å². The molecular weight excluding hydrogens is 291 g/mol. The summed E-state index contributed by atoms with van der Waals surface area (Å²) in [5.74, 6) is 2.19. The molecule has 2 N–H and O–H groups in total. The lowest BCUT2D eigenvalue weighted by Gasteiger charge is -2.31. The monoisotopic (exact) mass is 314 g/mol. The summed E-state index contributed by atoms with van der Waals surface area (Å²) in [4.78, 5) is 12.6. The first kappa shape index (κ1) is 17.4. The van der Waals surface area contributed by atoms with Gasteiger partial charge < -0.3 is 15.0 Å². The van der Waals surface area contributed by atoms with Crippen molar-refractivity contribution in [1.29, 1.82) is 0 Å². The molecule has 0 aliphatic carbocycles. The van der Waals surface area contributed by atoms with E-state index < -0.39 is 12.7 Å². The summed E-state index contributed by atoms with van der Waals surface area (Å²) in [5.41, 5.74) is 0.210. The highest BCUT2D eigenvalue weighted by atomic mass is 16.5. The topological polar surface area (TPSA) is 80.2 Å². The fourth-order valence-corrected chi connectivity index (χ4v) is 1.82. The Morgan fingerprint density at radius 1 is 1.17 bits per heavy atom. The molecule has 0 bridgehead atoms. The SMILES string of the molecule is Cc1nccc(Nc2cc(B(O)OC(C)(C)C(C)C)ccn2)n1. The van der Waals surface area contributed by atoms with Crippen molar-refractivity contribution in [2.45, 2.75) is 40.2 Å². The number of hydrogen-bond acceptors (Lipinski definition) is 6. The maximum absolute atomic E-state index is 10.3. The van der Waals surface area contributed by atoms with E-state index in [2.05, 4.69) is 34.1 Å². The van der Waals surface area contributed by atoms with Crippen LogP contribution in [0.5, 0.6) is 0 Å². The van der Waals surface area contributed by atoms with Crippen molar-refractivity contribution in [2.24, 2.45) is 5.92 Å². The van der Waals surface area contributed by atoms with Crippen LogP contribution in [0.3, 0.4) is 0 Å². The fraction of sp³-hybridized carbons (Fsp3) is 0.438. The van der Waals surface area contributed by atoms with Crippen LogP contribution >= 0.6 is 0 Å². The number of pyridine rings is 1. The molecule has 0 atom stereocenters. The lowest BCUT2D eigenvalue weighted by Crippen LogP contribution is -2.44. The van der Waals surface area contributed by atoms with Gasteiger partial charge in [0.25, 0.3) is 0 Å². The first-order valence-corrected chi connectivity index (χ1v) is 7.66. The second-order valence-electron chi connectivity index (χ2n) is 6.32. The summed E-state index contributed by atoms with van der Waals surface area (Å²) >= 11 is 0. The van der Waals surface area contributed by atoms with Gasteiger partial charge in [-0.05, 0) is 50.4 Å². The van der Waals surface area contributed by atoms with Gasteiger partial charge in [-0.2, -0.15) is 0 Å². The number of rotatable bonds is 6. The second kappa shape index (κ2) is 7.06. The Balaban J connectivity index is 2.13. The van der Waals surface area contributed by atoms with E-state index >= 15 is 0 Å². The molecule has 0 radical (unpaired) electrons. The molecule has 0 unspecified atom stereocenters. The van der Waals surface area contributed by atoms with Gasteiger partial charge in [-0.1, -0.05) is 13.8 Å². The summed E-state index contributed by atoms with van der Waals surface area (Å²) < 4.78 is 5.78. The number of aryl methyl sites for hydroxylation is 1. The van der Waals surface area contributed by atoms with Crippen LogP contribution in [0.15, 0.2) is 30.6 Å². The van der Waals surface area contributed by atoms with E-state index in [9.17, 15) is 5.02 Å². The quantitative estimate of drug-likeness (QED) is 0.795. The molecule has 0 aliphatic rings. The van der Waals surface area contributed by atoms with E-state index in [1.807, 2.05) is 20.8 Å². The summed E-state index contributed by atoms with van der Waals surface area (Å²) in [7, 11) is -1.01. The lowest BCUT2D eigenvalue weighted by molar-refractivity contribution is 0.0423. The van der Waals surface area contributed by atoms with Gasteiger partial charge in [0.2, 0.25) is 0 Å². The van der Waals surface area contributed by atoms with Crippen LogP contribution in [0.2, 0.25) is 0 Å². The van der Waals surface area contributed by atoms with Gasteiger partial charge in [0, 0.05) is 12.4 Å². The third-order valence-corrected chi connectivity index (χ3v) is 3.91. The molecule has 2 aromatic heterocycles. The highest BCUT2D eigenvalue weighted by Crippen LogP contribution is 2.21. The van der Waals surface area contributed by atoms with E-state index in [1.54, 1.807) is 30.6 Å². The van der Waals surface area contributed by atoms with Crippen molar-refractivity contribution < 1.29 is 9.68 Å². The van der Waals surface area contributed by atoms with Crippen LogP contribution in [0.4, 0.5) is 11.6 Å². The molecule has 7 heteroatoms. The first-order chi connectivity index (χ1) is 10.8. The Labute approximate surface area is 137 Å². The van der Waals surface area contributed by atoms with E-state index in [0.29, 0.717) is 22.9 Å². The van der Waals surface area contributed by atoms with Crippen LogP contribution in [0.25, 0.3) is 0 Å². The molecule has 0 spiro atoms. The number of nitrogens with one attached hydrogen (secondary N) is 1. The molecule has 0 amide bonds. The third kappa shape index (κ3) is 4.74. The summed E-state index contributed by atoms with van der Waals surface area (Å²) in [6.45, 7) is 9.86. The van der Waals surface area contributed by atoms with Gasteiger partial charge in [0.05, 0.1) is 5.60 Å². The van der Waals surface area contributed by atoms with E-state index in [-0.39, 0.29) is 5.92 Å². The van der Waals surface area contributed by atoms with Crippen LogP contribution in [-0.4, -0.2) is 32.7 Å². The fourth-order valence-electron chi connectivity index (χ4n) is 1.82. The minimum Gasteiger partial charge on any atom is -0.423 e. The molecule has 2 heterocycles. The zero-order chi connectivity index (χ0) is 17.0. The maximum atomic E-state index is 10.3. The van der Waals surface area contributed by atoms with Crippen LogP contribution in [-0.2, 0) is 4.65 Å². The van der Waals surface area contributed by atoms with E-state index in [0.717, 1.165) is 0 Å². The van der Waals surface area contributed by atoms with Crippen LogP contribution < -0.4 is 10.8 Å². The summed E-state index contributed by atoms with van der Waals surface area (Å²) in [6, 6.07) is 5.24. The molecule has 122 valence electrons. The second-order valence-corrected chi connectivity index (χ2v) is 6.32. The van der Waals surface area contributed by atoms with Crippen molar-refractivity contribution in [1.82, 2.24) is 15.0 Å². The number of hydrogen-bond donors (Lipinski definition) is 2. The van der Waals surface area contributed by atoms with Gasteiger partial charge in [-0.3, -0.25) is 0 Å². The first-order valence-electron chi connectivity index (χ1n) is 7.66. The predicted octanol–water partition coefficient (Wildman–Crippen LogP) is 2.06. The summed E-state index contributed by atoms with van der Waals surface area (Å²) in [5, 5.41) is 13.4. The number of nitrogens with zero attached hydrogens (tertiary/aromatic N) is 3. The van der Waals surface area contributed by atoms with Gasteiger partial charge in [0.1, 0.15) is 17.5 Å². The van der Waals surface area contributed by atoms with Crippen molar-refractivity contribution in [2.75, 3.05) is 5.32 Å². The molecule has 0 saturated carbocycles. The normalized spacial score (nSPS) is 11.6. The van der Waals surface area contributed by atoms with Crippen molar-refractivity contribution >= 4 is 24.2 Å². The number of anilines is 2. The maximum Gasteiger partial charge on any atom is 0.491 e. The molecule has 6 nitrogen and oxygen atoms in total. The summed E-state index contributed by atoms with van der Waals surface area (Å²) in [6.07, 6.45) is 3.30. The zero-order valence-corrected chi connectivity index (χ0v) is 14.2. The van der Waals surface area contributed by atoms with Crippen LogP contribution in [0, 0.1) is 12.8 Å². The highest BCUT2D eigenvalue weighted by molar-refractivity contribution is 6.60. The molecular formula is C16H23BN4O2. The van der Waals surface area contributed by atoms with E-state index in [4.69, 9.17) is 4.65 Å². The molecule has 0 fully saturated rings. The minimum absolute atomic E-state index is 0.278. The zero-order valence-electron chi connectivity index (χ0n) is 14.2. The molecule has 2 rings (SSSR count). The average Bonchev–Trinajstić information content (AvgIpc) is 2.47. The van der Waals surface area contributed by atoms with Crippen molar-refractivity contribution in [3.8, 4) is 0 Å². The Bertz CT molecular complexity index is 664. The van der Waals surface area contributed by atoms with Crippen molar-refractivity contribution in [3.05, 3.63) is 36.4 Å². The van der Waals surface area contributed by atoms with Crippen molar-refractivity contribution in [3.63, 3.8) is 0 Å². The highest BCUT2D eigenvalue weighted by Gasteiger charge is 2.30. The Morgan fingerprint density at radius 2 is 1.87 bits per heavy atom. The van der Waals surface area contributed by atoms with Gasteiger partial charge >= 0.3 is 7.12 Å². The Kier molecular flexibility index (Phi) is 5.33. The van der Waals surface area contributed by atoms with Gasteiger partial charge in [0.15, 0.2) is 0 Å². The molecule has 0 saturated heterocycles. The predicted molar refractivity (Wildman–Crippen MR) is 91.9 cm³/mol. The molecule has 0 aliphatic heterocycles. The van der Waals surface area contributed by atoms with Gasteiger partial charge in [-0.25, -0.2) is 15.0 Å². The minimum atomic E-state index is -1.01. The van der Waals surface area contributed by atoms with E-state index in [1.165, 1.54) is 0 Å². The average molecular weight is 314 g/mol. The standard InChI is InChI=1S/C16H23BN4O2/c1-11(2)16(4,5)23-17(22)13-6-8-19-15(10-13)21-14-7-9-18-12(3)20-14/h6-11,22H,1-5H3,(H,18,19,20,21). The Hall–Kier alpha value is -1.99. The number of aromatic nitrogens is 3. The third-order valence-electron chi connectivity index (χ3n) is 3.91. The molecule has 23 heavy (non-hydrogen) atoms. The van der Waals surface area contributed by atoms with Gasteiger partial charge in [-0.15, -0.1) is 0 Å².